The molecule has 1 saturated heterocycles. The molecule has 2 aliphatic rings. The average molecular weight is 330 g/mol. The summed E-state index contributed by atoms with van der Waals surface area (Å²) in [5.41, 5.74) is 2.46. The van der Waals surface area contributed by atoms with E-state index in [4.69, 9.17) is 4.74 Å². The van der Waals surface area contributed by atoms with Crippen LogP contribution in [0.5, 0.6) is 0 Å². The van der Waals surface area contributed by atoms with Gasteiger partial charge in [-0.15, -0.1) is 0 Å². The number of carbonyl (C=O) groups excluding carboxylic acids is 1. The van der Waals surface area contributed by atoms with E-state index < -0.39 is 0 Å². The van der Waals surface area contributed by atoms with E-state index >= 15 is 0 Å². The van der Waals surface area contributed by atoms with Crippen molar-refractivity contribution >= 4 is 28.9 Å². The fourth-order valence-electron chi connectivity index (χ4n) is 2.52. The Morgan fingerprint density at radius 2 is 1.83 bits per heavy atom. The zero-order valence-electron chi connectivity index (χ0n) is 13.8. The molecule has 0 saturated carbocycles. The first kappa shape index (κ1) is 16.3. The van der Waals surface area contributed by atoms with Crippen LogP contribution in [-0.2, 0) is 14.9 Å². The second-order valence-electron chi connectivity index (χ2n) is 6.78. The van der Waals surface area contributed by atoms with E-state index in [1.165, 1.54) is 17.3 Å². The van der Waals surface area contributed by atoms with E-state index in [0.29, 0.717) is 18.1 Å². The molecule has 1 fully saturated rings. The molecular weight excluding hydrogens is 308 g/mol. The van der Waals surface area contributed by atoms with Crippen LogP contribution in [0.3, 0.4) is 0 Å². The van der Waals surface area contributed by atoms with Gasteiger partial charge in [-0.1, -0.05) is 45.0 Å². The molecule has 2 aliphatic heterocycles. The lowest BCUT2D eigenvalue weighted by molar-refractivity contribution is -0.113. The number of carbonyl (C=O) groups is 1. The highest BCUT2D eigenvalue weighted by molar-refractivity contribution is 8.18. The molecule has 0 unspecified atom stereocenters. The number of amidine groups is 1. The average Bonchev–Trinajstić information content (AvgIpc) is 2.89. The standard InChI is InChI=1S/C18H22N2O2S/c1-18(2,3)14-6-4-13(5-7-14)12-15-16(21)19-17(23-15)20-8-10-22-11-9-20/h4-7,12H,8-11H2,1-3H3/b15-12+. The van der Waals surface area contributed by atoms with Crippen molar-refractivity contribution in [3.8, 4) is 0 Å². The highest BCUT2D eigenvalue weighted by Crippen LogP contribution is 2.31. The summed E-state index contributed by atoms with van der Waals surface area (Å²) in [7, 11) is 0. The maximum absolute atomic E-state index is 12.1. The zero-order valence-corrected chi connectivity index (χ0v) is 14.7. The van der Waals surface area contributed by atoms with Crippen molar-refractivity contribution in [2.45, 2.75) is 26.2 Å². The summed E-state index contributed by atoms with van der Waals surface area (Å²) in [6, 6.07) is 8.38. The number of nitrogens with zero attached hydrogens (tertiary/aromatic N) is 2. The van der Waals surface area contributed by atoms with Gasteiger partial charge in [-0.2, -0.15) is 4.99 Å². The number of rotatable bonds is 1. The number of hydrogen-bond acceptors (Lipinski definition) is 4. The molecule has 5 heteroatoms. The third kappa shape index (κ3) is 3.85. The fourth-order valence-corrected chi connectivity index (χ4v) is 3.48. The number of amides is 1. The van der Waals surface area contributed by atoms with Gasteiger partial charge < -0.3 is 9.64 Å². The normalized spacial score (nSPS) is 21.0. The smallest absolute Gasteiger partial charge is 0.286 e. The van der Waals surface area contributed by atoms with Crippen molar-refractivity contribution < 1.29 is 9.53 Å². The number of aliphatic imine (C=N–C) groups is 1. The van der Waals surface area contributed by atoms with Crippen molar-refractivity contribution in [2.75, 3.05) is 26.3 Å². The summed E-state index contributed by atoms with van der Waals surface area (Å²) >= 11 is 1.46. The summed E-state index contributed by atoms with van der Waals surface area (Å²) in [6.07, 6.45) is 1.93. The SMILES string of the molecule is CC(C)(C)c1ccc(/C=C2/SC(N3CCOCC3)=NC2=O)cc1. The van der Waals surface area contributed by atoms with Gasteiger partial charge in [0.15, 0.2) is 5.17 Å². The molecule has 0 bridgehead atoms. The van der Waals surface area contributed by atoms with Crippen LogP contribution in [0.1, 0.15) is 31.9 Å². The quantitative estimate of drug-likeness (QED) is 0.741. The molecule has 122 valence electrons. The van der Waals surface area contributed by atoms with E-state index in [-0.39, 0.29) is 11.3 Å². The first-order chi connectivity index (χ1) is 10.9. The van der Waals surface area contributed by atoms with Crippen molar-refractivity contribution in [3.05, 3.63) is 40.3 Å². The lowest BCUT2D eigenvalue weighted by atomic mass is 9.87. The van der Waals surface area contributed by atoms with Gasteiger partial charge in [-0.05, 0) is 34.4 Å². The lowest BCUT2D eigenvalue weighted by Crippen LogP contribution is -2.38. The lowest BCUT2D eigenvalue weighted by Gasteiger charge is -2.27. The van der Waals surface area contributed by atoms with E-state index in [0.717, 1.165) is 23.8 Å². The molecular formula is C18H22N2O2S. The van der Waals surface area contributed by atoms with Crippen molar-refractivity contribution in [1.29, 1.82) is 0 Å². The topological polar surface area (TPSA) is 41.9 Å². The van der Waals surface area contributed by atoms with Crippen LogP contribution in [-0.4, -0.2) is 42.3 Å². The number of ether oxygens (including phenoxy) is 1. The Balaban J connectivity index is 1.72. The monoisotopic (exact) mass is 330 g/mol. The first-order valence-corrected chi connectivity index (χ1v) is 8.71. The minimum Gasteiger partial charge on any atom is -0.378 e. The molecule has 0 atom stereocenters. The fraction of sp³-hybridized carbons (Fsp3) is 0.444. The van der Waals surface area contributed by atoms with Gasteiger partial charge in [0, 0.05) is 13.1 Å². The van der Waals surface area contributed by atoms with E-state index in [1.54, 1.807) is 0 Å². The minimum absolute atomic E-state index is 0.135. The first-order valence-electron chi connectivity index (χ1n) is 7.89. The molecule has 0 aliphatic carbocycles. The van der Waals surface area contributed by atoms with Crippen LogP contribution >= 0.6 is 11.8 Å². The largest absolute Gasteiger partial charge is 0.378 e. The van der Waals surface area contributed by atoms with Crippen molar-refractivity contribution in [2.24, 2.45) is 4.99 Å². The Kier molecular flexibility index (Phi) is 4.60. The third-order valence-electron chi connectivity index (χ3n) is 3.97. The van der Waals surface area contributed by atoms with Gasteiger partial charge in [0.05, 0.1) is 18.1 Å². The molecule has 23 heavy (non-hydrogen) atoms. The predicted molar refractivity (Wildman–Crippen MR) is 95.5 cm³/mol. The summed E-state index contributed by atoms with van der Waals surface area (Å²) < 4.78 is 5.34. The predicted octanol–water partition coefficient (Wildman–Crippen LogP) is 3.29. The Morgan fingerprint density at radius 3 is 2.43 bits per heavy atom. The van der Waals surface area contributed by atoms with Crippen LogP contribution in [0.2, 0.25) is 0 Å². The van der Waals surface area contributed by atoms with Crippen LogP contribution in [0.15, 0.2) is 34.2 Å². The minimum atomic E-state index is -0.142. The molecule has 4 nitrogen and oxygen atoms in total. The summed E-state index contributed by atoms with van der Waals surface area (Å²) in [5.74, 6) is -0.142. The van der Waals surface area contributed by atoms with Crippen molar-refractivity contribution in [1.82, 2.24) is 4.90 Å². The van der Waals surface area contributed by atoms with Gasteiger partial charge in [0.1, 0.15) is 0 Å². The van der Waals surface area contributed by atoms with Gasteiger partial charge in [0.25, 0.3) is 5.91 Å². The third-order valence-corrected chi connectivity index (χ3v) is 5.01. The van der Waals surface area contributed by atoms with Gasteiger partial charge in [0.2, 0.25) is 0 Å². The van der Waals surface area contributed by atoms with Gasteiger partial charge in [-0.3, -0.25) is 4.79 Å². The van der Waals surface area contributed by atoms with Crippen LogP contribution in [0.25, 0.3) is 6.08 Å². The maximum Gasteiger partial charge on any atom is 0.286 e. The highest BCUT2D eigenvalue weighted by Gasteiger charge is 2.27. The molecule has 0 aromatic heterocycles. The number of morpholine rings is 1. The van der Waals surface area contributed by atoms with Gasteiger partial charge in [-0.25, -0.2) is 0 Å². The summed E-state index contributed by atoms with van der Waals surface area (Å²) in [4.78, 5) is 19.1. The zero-order chi connectivity index (χ0) is 16.4. The second kappa shape index (κ2) is 6.49. The van der Waals surface area contributed by atoms with Crippen molar-refractivity contribution in [3.63, 3.8) is 0 Å². The molecule has 1 aromatic carbocycles. The molecule has 0 radical (unpaired) electrons. The number of hydrogen-bond donors (Lipinski definition) is 0. The Labute approximate surface area is 141 Å². The highest BCUT2D eigenvalue weighted by atomic mass is 32.2. The Hall–Kier alpha value is -1.59. The molecule has 0 spiro atoms. The summed E-state index contributed by atoms with van der Waals surface area (Å²) in [5, 5.41) is 0.802. The van der Waals surface area contributed by atoms with Crippen LogP contribution < -0.4 is 0 Å². The molecule has 2 heterocycles. The number of thioether (sulfide) groups is 1. The van der Waals surface area contributed by atoms with E-state index in [2.05, 4.69) is 54.9 Å². The molecule has 3 rings (SSSR count). The molecule has 1 aromatic rings. The summed E-state index contributed by atoms with van der Waals surface area (Å²) in [6.45, 7) is 9.57. The van der Waals surface area contributed by atoms with Gasteiger partial charge >= 0.3 is 0 Å². The number of benzene rings is 1. The maximum atomic E-state index is 12.1. The van der Waals surface area contributed by atoms with Crippen LogP contribution in [0.4, 0.5) is 0 Å². The Morgan fingerprint density at radius 1 is 1.17 bits per heavy atom. The molecule has 1 amide bonds. The molecule has 0 N–H and O–H groups in total. The second-order valence-corrected chi connectivity index (χ2v) is 7.79. The van der Waals surface area contributed by atoms with E-state index in [9.17, 15) is 4.79 Å². The van der Waals surface area contributed by atoms with Crippen LogP contribution in [0, 0.1) is 0 Å². The van der Waals surface area contributed by atoms with E-state index in [1.807, 2.05) is 6.08 Å². The Bertz CT molecular complexity index is 651.